The molecular formula is C25H37N5O2. The van der Waals surface area contributed by atoms with Crippen LogP contribution in [0, 0.1) is 0 Å². The van der Waals surface area contributed by atoms with Crippen LogP contribution in [0.5, 0.6) is 5.75 Å². The molecule has 32 heavy (non-hydrogen) atoms. The third-order valence-electron chi connectivity index (χ3n) is 5.80. The van der Waals surface area contributed by atoms with Gasteiger partial charge in [-0.1, -0.05) is 24.3 Å². The first-order chi connectivity index (χ1) is 15.7. The lowest BCUT2D eigenvalue weighted by molar-refractivity contribution is 0.211. The Bertz CT molecular complexity index is 834. The van der Waals surface area contributed by atoms with E-state index >= 15 is 0 Å². The average molecular weight is 440 g/mol. The number of anilines is 1. The summed E-state index contributed by atoms with van der Waals surface area (Å²) in [4.78, 5) is 6.97. The predicted molar refractivity (Wildman–Crippen MR) is 132 cm³/mol. The van der Waals surface area contributed by atoms with Gasteiger partial charge in [0.25, 0.3) is 0 Å². The van der Waals surface area contributed by atoms with Crippen molar-refractivity contribution in [3.05, 3.63) is 59.7 Å². The number of rotatable bonds is 11. The van der Waals surface area contributed by atoms with Crippen molar-refractivity contribution >= 4 is 11.6 Å². The highest BCUT2D eigenvalue weighted by Gasteiger charge is 2.24. The van der Waals surface area contributed by atoms with Crippen molar-refractivity contribution in [1.29, 1.82) is 0 Å². The second-order valence-corrected chi connectivity index (χ2v) is 7.96. The molecule has 1 atom stereocenters. The molecule has 0 aliphatic carbocycles. The highest BCUT2D eigenvalue weighted by molar-refractivity contribution is 5.79. The number of hydrogen-bond acceptors (Lipinski definition) is 5. The van der Waals surface area contributed by atoms with E-state index in [9.17, 15) is 0 Å². The minimum absolute atomic E-state index is 0.281. The summed E-state index contributed by atoms with van der Waals surface area (Å²) in [7, 11) is 5.24. The third kappa shape index (κ3) is 7.14. The van der Waals surface area contributed by atoms with Gasteiger partial charge in [-0.2, -0.15) is 0 Å². The Morgan fingerprint density at radius 1 is 1.06 bits per heavy atom. The zero-order valence-corrected chi connectivity index (χ0v) is 19.6. The molecule has 1 heterocycles. The number of nitrogens with one attached hydrogen (secondary N) is 3. The van der Waals surface area contributed by atoms with E-state index in [1.165, 1.54) is 24.0 Å². The maximum absolute atomic E-state index is 5.45. The number of guanidine groups is 1. The Kier molecular flexibility index (Phi) is 9.65. The lowest BCUT2D eigenvalue weighted by atomic mass is 10.1. The van der Waals surface area contributed by atoms with Crippen molar-refractivity contribution in [3.8, 4) is 5.75 Å². The van der Waals surface area contributed by atoms with Gasteiger partial charge in [-0.15, -0.1) is 0 Å². The summed E-state index contributed by atoms with van der Waals surface area (Å²) in [6, 6.07) is 17.1. The summed E-state index contributed by atoms with van der Waals surface area (Å²) in [6.07, 6.45) is 2.51. The quantitative estimate of drug-likeness (QED) is 0.284. The van der Waals surface area contributed by atoms with E-state index in [4.69, 9.17) is 9.47 Å². The molecule has 7 nitrogen and oxygen atoms in total. The highest BCUT2D eigenvalue weighted by Crippen LogP contribution is 2.27. The number of aliphatic imine (C=N–C) groups is 1. The fourth-order valence-electron chi connectivity index (χ4n) is 4.00. The smallest absolute Gasteiger partial charge is 0.191 e. The van der Waals surface area contributed by atoms with Gasteiger partial charge in [-0.05, 0) is 61.3 Å². The van der Waals surface area contributed by atoms with Crippen LogP contribution < -0.4 is 20.7 Å². The normalized spacial score (nSPS) is 15.4. The minimum atomic E-state index is 0.281. The van der Waals surface area contributed by atoms with Crippen molar-refractivity contribution in [2.24, 2.45) is 4.99 Å². The summed E-state index contributed by atoms with van der Waals surface area (Å²) >= 11 is 0. The second kappa shape index (κ2) is 12.9. The van der Waals surface area contributed by atoms with Crippen LogP contribution in [0.1, 0.15) is 30.0 Å². The molecule has 0 amide bonds. The van der Waals surface area contributed by atoms with Gasteiger partial charge in [0, 0.05) is 39.5 Å². The van der Waals surface area contributed by atoms with Crippen LogP contribution in [0.4, 0.5) is 5.69 Å². The molecule has 0 aromatic heterocycles. The zero-order chi connectivity index (χ0) is 22.6. The molecule has 174 valence electrons. The van der Waals surface area contributed by atoms with E-state index in [2.05, 4.69) is 68.3 Å². The first-order valence-electron chi connectivity index (χ1n) is 11.4. The first-order valence-corrected chi connectivity index (χ1v) is 11.4. The summed E-state index contributed by atoms with van der Waals surface area (Å²) in [5, 5.41) is 10.3. The van der Waals surface area contributed by atoms with Gasteiger partial charge in [0.15, 0.2) is 5.96 Å². The third-order valence-corrected chi connectivity index (χ3v) is 5.80. The van der Waals surface area contributed by atoms with Gasteiger partial charge in [-0.25, -0.2) is 0 Å². The van der Waals surface area contributed by atoms with Crippen LogP contribution in [-0.2, 0) is 11.3 Å². The monoisotopic (exact) mass is 439 g/mol. The molecule has 0 bridgehead atoms. The molecule has 0 radical (unpaired) electrons. The van der Waals surface area contributed by atoms with E-state index < -0.39 is 0 Å². The highest BCUT2D eigenvalue weighted by atomic mass is 16.5. The van der Waals surface area contributed by atoms with Crippen LogP contribution in [-0.4, -0.2) is 64.9 Å². The Labute approximate surface area is 192 Å². The van der Waals surface area contributed by atoms with Crippen molar-refractivity contribution < 1.29 is 9.47 Å². The van der Waals surface area contributed by atoms with Gasteiger partial charge < -0.3 is 25.4 Å². The molecule has 0 spiro atoms. The van der Waals surface area contributed by atoms with Crippen molar-refractivity contribution in [3.63, 3.8) is 0 Å². The standard InChI is InChI=1S/C25H37N5O2/c1-26-25(28-18-20-9-11-22(12-10-20)27-13-16-31-2)29-19-24(30-14-4-5-15-30)21-7-6-8-23(17-21)32-3/h6-12,17,24,27H,4-5,13-16,18-19H2,1-3H3,(H2,26,28,29). The number of likely N-dealkylation sites (tertiary alicyclic amines) is 1. The summed E-state index contributed by atoms with van der Waals surface area (Å²) in [5.41, 5.74) is 3.57. The number of ether oxygens (including phenoxy) is 2. The maximum Gasteiger partial charge on any atom is 0.191 e. The molecule has 1 fully saturated rings. The van der Waals surface area contributed by atoms with Crippen LogP contribution in [0.15, 0.2) is 53.5 Å². The molecule has 1 aliphatic heterocycles. The molecular weight excluding hydrogens is 402 g/mol. The van der Waals surface area contributed by atoms with Gasteiger partial charge in [0.1, 0.15) is 5.75 Å². The Hall–Kier alpha value is -2.77. The Balaban J connectivity index is 1.55. The van der Waals surface area contributed by atoms with Gasteiger partial charge >= 0.3 is 0 Å². The van der Waals surface area contributed by atoms with Crippen molar-refractivity contribution in [2.45, 2.75) is 25.4 Å². The second-order valence-electron chi connectivity index (χ2n) is 7.96. The van der Waals surface area contributed by atoms with Crippen LogP contribution in [0.25, 0.3) is 0 Å². The van der Waals surface area contributed by atoms with Gasteiger partial charge in [-0.3, -0.25) is 9.89 Å². The largest absolute Gasteiger partial charge is 0.497 e. The fraction of sp³-hybridized carbons (Fsp3) is 0.480. The van der Waals surface area contributed by atoms with Crippen LogP contribution in [0.3, 0.4) is 0 Å². The molecule has 3 N–H and O–H groups in total. The minimum Gasteiger partial charge on any atom is -0.497 e. The number of methoxy groups -OCH3 is 2. The fourth-order valence-corrected chi connectivity index (χ4v) is 4.00. The van der Waals surface area contributed by atoms with E-state index in [0.717, 1.165) is 43.6 Å². The van der Waals surface area contributed by atoms with E-state index in [0.29, 0.717) is 13.2 Å². The Morgan fingerprint density at radius 2 is 1.84 bits per heavy atom. The number of nitrogens with zero attached hydrogens (tertiary/aromatic N) is 2. The molecule has 1 saturated heterocycles. The first kappa shape index (κ1) is 23.9. The van der Waals surface area contributed by atoms with Crippen molar-refractivity contribution in [1.82, 2.24) is 15.5 Å². The summed E-state index contributed by atoms with van der Waals surface area (Å²) < 4.78 is 10.5. The van der Waals surface area contributed by atoms with E-state index in [1.807, 2.05) is 13.1 Å². The van der Waals surface area contributed by atoms with E-state index in [1.54, 1.807) is 14.2 Å². The molecule has 0 saturated carbocycles. The average Bonchev–Trinajstić information content (AvgIpc) is 3.37. The SMILES string of the molecule is CN=C(NCc1ccc(NCCOC)cc1)NCC(c1cccc(OC)c1)N1CCCC1. The molecule has 2 aromatic carbocycles. The summed E-state index contributed by atoms with van der Waals surface area (Å²) in [6.45, 7) is 5.25. The molecule has 1 unspecified atom stereocenters. The topological polar surface area (TPSA) is 70.2 Å². The maximum atomic E-state index is 5.45. The number of benzene rings is 2. The molecule has 3 rings (SSSR count). The molecule has 1 aliphatic rings. The zero-order valence-electron chi connectivity index (χ0n) is 19.6. The van der Waals surface area contributed by atoms with Crippen LogP contribution >= 0.6 is 0 Å². The van der Waals surface area contributed by atoms with Gasteiger partial charge in [0.2, 0.25) is 0 Å². The van der Waals surface area contributed by atoms with Gasteiger partial charge in [0.05, 0.1) is 19.8 Å². The molecule has 2 aromatic rings. The number of hydrogen-bond donors (Lipinski definition) is 3. The summed E-state index contributed by atoms with van der Waals surface area (Å²) in [5.74, 6) is 1.70. The Morgan fingerprint density at radius 3 is 2.53 bits per heavy atom. The lowest BCUT2D eigenvalue weighted by Gasteiger charge is -2.29. The van der Waals surface area contributed by atoms with Crippen LogP contribution in [0.2, 0.25) is 0 Å². The van der Waals surface area contributed by atoms with Crippen molar-refractivity contribution in [2.75, 3.05) is 59.4 Å². The molecule has 7 heteroatoms. The predicted octanol–water partition coefficient (Wildman–Crippen LogP) is 3.26. The van der Waals surface area contributed by atoms with E-state index in [-0.39, 0.29) is 6.04 Å². The lowest BCUT2D eigenvalue weighted by Crippen LogP contribution is -2.42.